The van der Waals surface area contributed by atoms with Gasteiger partial charge in [-0.1, -0.05) is 42.5 Å². The van der Waals surface area contributed by atoms with Crippen LogP contribution in [0.1, 0.15) is 21.5 Å². The molecule has 0 spiro atoms. The molecule has 1 amide bonds. The molecule has 0 unspecified atom stereocenters. The van der Waals surface area contributed by atoms with E-state index in [1.807, 2.05) is 30.3 Å². The van der Waals surface area contributed by atoms with Gasteiger partial charge in [-0.2, -0.15) is 8.42 Å². The molecule has 0 aliphatic heterocycles. The van der Waals surface area contributed by atoms with Crippen LogP contribution in [0.4, 0.5) is 5.69 Å². The topological polar surface area (TPSA) is 116 Å². The molecule has 0 aliphatic rings. The molecule has 0 atom stereocenters. The van der Waals surface area contributed by atoms with Gasteiger partial charge < -0.3 is 9.50 Å². The minimum Gasteiger partial charge on any atom is -0.379 e. The van der Waals surface area contributed by atoms with Crippen molar-refractivity contribution in [2.24, 2.45) is 0 Å². The molecule has 0 bridgehead atoms. The highest BCUT2D eigenvalue weighted by Gasteiger charge is 2.23. The van der Waals surface area contributed by atoms with E-state index in [-0.39, 0.29) is 21.9 Å². The summed E-state index contributed by atoms with van der Waals surface area (Å²) in [6.07, 6.45) is 0. The Morgan fingerprint density at radius 3 is 2.47 bits per heavy atom. The lowest BCUT2D eigenvalue weighted by Gasteiger charge is -2.10. The molecule has 0 aliphatic carbocycles. The molecule has 30 heavy (non-hydrogen) atoms. The molecule has 0 saturated heterocycles. The van der Waals surface area contributed by atoms with Crippen molar-refractivity contribution in [3.63, 3.8) is 0 Å². The third-order valence-electron chi connectivity index (χ3n) is 4.25. The first-order valence-corrected chi connectivity index (χ1v) is 10.3. The van der Waals surface area contributed by atoms with E-state index in [4.69, 9.17) is 4.18 Å². The molecule has 0 fully saturated rings. The van der Waals surface area contributed by atoms with Gasteiger partial charge in [-0.25, -0.2) is 0 Å². The Morgan fingerprint density at radius 1 is 1.03 bits per heavy atom. The molecule has 154 valence electrons. The van der Waals surface area contributed by atoms with E-state index in [0.29, 0.717) is 12.1 Å². The highest BCUT2D eigenvalue weighted by molar-refractivity contribution is 7.87. The molecular weight excluding hydrogens is 408 g/mol. The number of carbonyl (C=O) groups excluding carboxylic acids is 1. The van der Waals surface area contributed by atoms with Gasteiger partial charge in [0.2, 0.25) is 0 Å². The fourth-order valence-corrected chi connectivity index (χ4v) is 3.89. The zero-order valence-corrected chi connectivity index (χ0v) is 16.8. The number of benzene rings is 3. The third-order valence-corrected chi connectivity index (χ3v) is 5.64. The first kappa shape index (κ1) is 21.0. The number of rotatable bonds is 7. The van der Waals surface area contributed by atoms with Crippen molar-refractivity contribution < 1.29 is 22.3 Å². The molecule has 3 rings (SSSR count). The number of non-ortho nitro benzene ring substituents is 1. The molecule has 0 heterocycles. The molecule has 9 heteroatoms. The maximum Gasteiger partial charge on any atom is 0.339 e. The van der Waals surface area contributed by atoms with Crippen LogP contribution in [0.25, 0.3) is 0 Å². The number of carbonyl (C=O) groups is 1. The Kier molecular flexibility index (Phi) is 6.12. The Labute approximate surface area is 173 Å². The predicted molar refractivity (Wildman–Crippen MR) is 110 cm³/mol. The number of hydrogen-bond donors (Lipinski definition) is 1. The Morgan fingerprint density at radius 2 is 1.77 bits per heavy atom. The van der Waals surface area contributed by atoms with Gasteiger partial charge in [0, 0.05) is 24.2 Å². The number of nitro benzene ring substituents is 1. The average Bonchev–Trinajstić information content (AvgIpc) is 2.72. The van der Waals surface area contributed by atoms with Gasteiger partial charge in [0.25, 0.3) is 11.6 Å². The monoisotopic (exact) mass is 426 g/mol. The maximum atomic E-state index is 12.6. The number of hydrogen-bond acceptors (Lipinski definition) is 6. The van der Waals surface area contributed by atoms with E-state index in [1.165, 1.54) is 43.3 Å². The highest BCUT2D eigenvalue weighted by Crippen LogP contribution is 2.25. The van der Waals surface area contributed by atoms with E-state index in [9.17, 15) is 23.3 Å². The van der Waals surface area contributed by atoms with Crippen LogP contribution in [0, 0.1) is 17.0 Å². The van der Waals surface area contributed by atoms with Gasteiger partial charge in [-0.15, -0.1) is 0 Å². The lowest BCUT2D eigenvalue weighted by atomic mass is 10.2. The van der Waals surface area contributed by atoms with Crippen LogP contribution in [0.15, 0.2) is 77.7 Å². The summed E-state index contributed by atoms with van der Waals surface area (Å²) < 4.78 is 30.4. The van der Waals surface area contributed by atoms with E-state index in [0.717, 1.165) is 11.6 Å². The quantitative estimate of drug-likeness (QED) is 0.351. The van der Waals surface area contributed by atoms with Gasteiger partial charge in [0.15, 0.2) is 0 Å². The van der Waals surface area contributed by atoms with Crippen LogP contribution in [-0.4, -0.2) is 19.2 Å². The third kappa shape index (κ3) is 5.00. The lowest BCUT2D eigenvalue weighted by molar-refractivity contribution is -0.385. The largest absolute Gasteiger partial charge is 0.379 e. The number of nitrogens with one attached hydrogen (secondary N) is 1. The molecule has 0 saturated carbocycles. The Bertz CT molecular complexity index is 1190. The van der Waals surface area contributed by atoms with E-state index in [1.54, 1.807) is 0 Å². The molecule has 3 aromatic rings. The van der Waals surface area contributed by atoms with Crippen LogP contribution in [-0.2, 0) is 16.7 Å². The van der Waals surface area contributed by atoms with Crippen LogP contribution < -0.4 is 9.50 Å². The highest BCUT2D eigenvalue weighted by atomic mass is 32.2. The lowest BCUT2D eigenvalue weighted by Crippen LogP contribution is -2.22. The molecular formula is C21H18N2O6S. The number of nitrogens with zero attached hydrogens (tertiary/aromatic N) is 1. The van der Waals surface area contributed by atoms with Crippen LogP contribution in [0.3, 0.4) is 0 Å². The molecule has 1 N–H and O–H groups in total. The second-order valence-corrected chi connectivity index (χ2v) is 7.96. The average molecular weight is 426 g/mol. The number of amides is 1. The van der Waals surface area contributed by atoms with Gasteiger partial charge in [0.05, 0.1) is 4.92 Å². The Hall–Kier alpha value is -3.72. The zero-order chi connectivity index (χ0) is 21.7. The fourth-order valence-electron chi connectivity index (χ4n) is 2.71. The second kappa shape index (κ2) is 8.75. The summed E-state index contributed by atoms with van der Waals surface area (Å²) in [5.41, 5.74) is 1.07. The summed E-state index contributed by atoms with van der Waals surface area (Å²) in [7, 11) is -4.33. The summed E-state index contributed by atoms with van der Waals surface area (Å²) in [5, 5.41) is 13.7. The van der Waals surface area contributed by atoms with E-state index >= 15 is 0 Å². The SMILES string of the molecule is Cc1ccc([N+](=O)[O-])cc1S(=O)(=O)Oc1cccc(C(=O)NCc2ccccc2)c1. The summed E-state index contributed by atoms with van der Waals surface area (Å²) in [6.45, 7) is 1.82. The summed E-state index contributed by atoms with van der Waals surface area (Å²) in [4.78, 5) is 22.4. The molecule has 3 aromatic carbocycles. The second-order valence-electron chi connectivity index (χ2n) is 6.44. The summed E-state index contributed by atoms with van der Waals surface area (Å²) in [5.74, 6) is -0.471. The van der Waals surface area contributed by atoms with Crippen LogP contribution >= 0.6 is 0 Å². The smallest absolute Gasteiger partial charge is 0.339 e. The maximum absolute atomic E-state index is 12.6. The van der Waals surface area contributed by atoms with Crippen LogP contribution in [0.2, 0.25) is 0 Å². The first-order valence-electron chi connectivity index (χ1n) is 8.88. The number of aryl methyl sites for hydroxylation is 1. The fraction of sp³-hybridized carbons (Fsp3) is 0.0952. The molecule has 8 nitrogen and oxygen atoms in total. The van der Waals surface area contributed by atoms with E-state index in [2.05, 4.69) is 5.32 Å². The first-order chi connectivity index (χ1) is 14.3. The van der Waals surface area contributed by atoms with Crippen molar-refractivity contribution >= 4 is 21.7 Å². The van der Waals surface area contributed by atoms with E-state index < -0.39 is 20.9 Å². The van der Waals surface area contributed by atoms with Crippen LogP contribution in [0.5, 0.6) is 5.75 Å². The van der Waals surface area contributed by atoms with Crippen molar-refractivity contribution in [2.75, 3.05) is 0 Å². The van der Waals surface area contributed by atoms with Gasteiger partial charge in [0.1, 0.15) is 10.6 Å². The van der Waals surface area contributed by atoms with Gasteiger partial charge in [-0.05, 0) is 36.2 Å². The standard InChI is InChI=1S/C21H18N2O6S/c1-15-10-11-18(23(25)26)13-20(15)30(27,28)29-19-9-5-8-17(12-19)21(24)22-14-16-6-3-2-4-7-16/h2-13H,14H2,1H3,(H,22,24). The minimum atomic E-state index is -4.33. The minimum absolute atomic E-state index is 0.0757. The Balaban J connectivity index is 1.78. The zero-order valence-electron chi connectivity index (χ0n) is 15.9. The molecule has 0 aromatic heterocycles. The van der Waals surface area contributed by atoms with Gasteiger partial charge >= 0.3 is 10.1 Å². The van der Waals surface area contributed by atoms with Gasteiger partial charge in [-0.3, -0.25) is 14.9 Å². The van der Waals surface area contributed by atoms with Crippen molar-refractivity contribution in [3.8, 4) is 5.75 Å². The normalized spacial score (nSPS) is 11.0. The van der Waals surface area contributed by atoms with Crippen molar-refractivity contribution in [1.29, 1.82) is 0 Å². The van der Waals surface area contributed by atoms with Crippen molar-refractivity contribution in [1.82, 2.24) is 5.32 Å². The van der Waals surface area contributed by atoms with Crippen molar-refractivity contribution in [2.45, 2.75) is 18.4 Å². The van der Waals surface area contributed by atoms with Crippen molar-refractivity contribution in [3.05, 3.63) is 99.6 Å². The molecule has 0 radical (unpaired) electrons. The predicted octanol–water partition coefficient (Wildman–Crippen LogP) is 3.60. The summed E-state index contributed by atoms with van der Waals surface area (Å²) >= 11 is 0. The number of nitro groups is 1. The summed E-state index contributed by atoms with van der Waals surface area (Å²) in [6, 6.07) is 18.5.